The van der Waals surface area contributed by atoms with Gasteiger partial charge in [0.05, 0.1) is 0 Å². The van der Waals surface area contributed by atoms with Gasteiger partial charge in [-0.15, -0.1) is 11.3 Å². The van der Waals surface area contributed by atoms with E-state index in [4.69, 9.17) is 10.9 Å². The van der Waals surface area contributed by atoms with Gasteiger partial charge in [0.1, 0.15) is 5.84 Å². The maximum absolute atomic E-state index is 8.70. The molecule has 19 heavy (non-hydrogen) atoms. The van der Waals surface area contributed by atoms with E-state index in [1.54, 1.807) is 11.3 Å². The van der Waals surface area contributed by atoms with Crippen LogP contribution in [0, 0.1) is 5.41 Å². The van der Waals surface area contributed by atoms with Gasteiger partial charge in [-0.2, -0.15) is 0 Å². The Kier molecular flexibility index (Phi) is 6.31. The molecule has 0 aliphatic rings. The van der Waals surface area contributed by atoms with Crippen molar-refractivity contribution in [2.24, 2.45) is 16.3 Å². The van der Waals surface area contributed by atoms with Gasteiger partial charge in [-0.05, 0) is 37.8 Å². The highest BCUT2D eigenvalue weighted by molar-refractivity contribution is 7.10. The van der Waals surface area contributed by atoms with Gasteiger partial charge in [-0.1, -0.05) is 31.5 Å². The van der Waals surface area contributed by atoms with Crippen LogP contribution in [0.2, 0.25) is 0 Å². The van der Waals surface area contributed by atoms with Crippen molar-refractivity contribution in [2.75, 3.05) is 6.54 Å². The molecule has 4 nitrogen and oxygen atoms in total. The summed E-state index contributed by atoms with van der Waals surface area (Å²) in [6.45, 7) is 7.19. The average molecular weight is 283 g/mol. The lowest BCUT2D eigenvalue weighted by atomic mass is 9.86. The second kappa shape index (κ2) is 7.50. The second-order valence-electron chi connectivity index (χ2n) is 5.52. The van der Waals surface area contributed by atoms with Gasteiger partial charge in [0.2, 0.25) is 0 Å². The first-order valence-electron chi connectivity index (χ1n) is 6.72. The van der Waals surface area contributed by atoms with E-state index in [1.165, 1.54) is 4.88 Å². The number of nitrogens with one attached hydrogen (secondary N) is 1. The summed E-state index contributed by atoms with van der Waals surface area (Å²) < 4.78 is 0. The van der Waals surface area contributed by atoms with Gasteiger partial charge in [-0.3, -0.25) is 0 Å². The van der Waals surface area contributed by atoms with Crippen LogP contribution in [0.3, 0.4) is 0 Å². The van der Waals surface area contributed by atoms with E-state index >= 15 is 0 Å². The number of hydrogen-bond acceptors (Lipinski definition) is 4. The minimum Gasteiger partial charge on any atom is -0.409 e. The molecule has 1 heterocycles. The van der Waals surface area contributed by atoms with Crippen LogP contribution in [0.5, 0.6) is 0 Å². The molecule has 0 saturated carbocycles. The monoisotopic (exact) mass is 283 g/mol. The van der Waals surface area contributed by atoms with E-state index in [9.17, 15) is 0 Å². The maximum atomic E-state index is 8.70. The number of hydrogen-bond donors (Lipinski definition) is 3. The standard InChI is InChI=1S/C14H25N3OS/c1-11(12-7-6-10-19-12)16-9-5-4-8-14(2,3)13(15)17-18/h6-7,10-11,16,18H,4-5,8-9H2,1-3H3,(H2,15,17). The molecule has 0 aliphatic carbocycles. The molecule has 0 fully saturated rings. The topological polar surface area (TPSA) is 70.6 Å². The lowest BCUT2D eigenvalue weighted by molar-refractivity contribution is 0.304. The first-order chi connectivity index (χ1) is 8.97. The summed E-state index contributed by atoms with van der Waals surface area (Å²) in [4.78, 5) is 1.37. The number of rotatable bonds is 8. The molecule has 0 aromatic carbocycles. The smallest absolute Gasteiger partial charge is 0.144 e. The number of nitrogens with zero attached hydrogens (tertiary/aromatic N) is 1. The third-order valence-electron chi connectivity index (χ3n) is 3.45. The normalized spacial score (nSPS) is 14.6. The van der Waals surface area contributed by atoms with Gasteiger partial charge >= 0.3 is 0 Å². The van der Waals surface area contributed by atoms with E-state index in [1.807, 2.05) is 13.8 Å². The summed E-state index contributed by atoms with van der Waals surface area (Å²) in [5.41, 5.74) is 5.44. The zero-order chi connectivity index (χ0) is 14.3. The number of oxime groups is 1. The van der Waals surface area contributed by atoms with Crippen LogP contribution in [0.1, 0.15) is 51.0 Å². The summed E-state index contributed by atoms with van der Waals surface area (Å²) in [7, 11) is 0. The molecule has 1 aromatic heterocycles. The number of nitrogens with two attached hydrogens (primary N) is 1. The third kappa shape index (κ3) is 5.20. The van der Waals surface area contributed by atoms with Gasteiger partial charge in [0, 0.05) is 16.3 Å². The molecule has 0 amide bonds. The molecule has 1 aromatic rings. The largest absolute Gasteiger partial charge is 0.409 e. The highest BCUT2D eigenvalue weighted by atomic mass is 32.1. The SMILES string of the molecule is CC(NCCCCC(C)(C)/C(N)=N/O)c1cccs1. The van der Waals surface area contributed by atoms with Crippen molar-refractivity contribution >= 4 is 17.2 Å². The Morgan fingerprint density at radius 2 is 2.26 bits per heavy atom. The summed E-state index contributed by atoms with van der Waals surface area (Å²) in [5.74, 6) is 0.312. The van der Waals surface area contributed by atoms with E-state index in [-0.39, 0.29) is 5.41 Å². The number of thiophene rings is 1. The fourth-order valence-corrected chi connectivity index (χ4v) is 2.67. The van der Waals surface area contributed by atoms with Crippen molar-refractivity contribution in [3.05, 3.63) is 22.4 Å². The zero-order valence-corrected chi connectivity index (χ0v) is 12.8. The molecule has 4 N–H and O–H groups in total. The molecule has 0 saturated heterocycles. The van der Waals surface area contributed by atoms with Crippen LogP contribution in [-0.4, -0.2) is 17.6 Å². The Morgan fingerprint density at radius 1 is 1.53 bits per heavy atom. The van der Waals surface area contributed by atoms with E-state index in [0.29, 0.717) is 11.9 Å². The second-order valence-corrected chi connectivity index (χ2v) is 6.50. The summed E-state index contributed by atoms with van der Waals surface area (Å²) >= 11 is 1.78. The Morgan fingerprint density at radius 3 is 2.84 bits per heavy atom. The first-order valence-corrected chi connectivity index (χ1v) is 7.60. The molecule has 0 aliphatic heterocycles. The van der Waals surface area contributed by atoms with E-state index in [2.05, 4.69) is 34.9 Å². The van der Waals surface area contributed by atoms with Crippen LogP contribution in [0.25, 0.3) is 0 Å². The molecular formula is C14H25N3OS. The Balaban J connectivity index is 2.18. The Labute approximate surface area is 119 Å². The predicted molar refractivity (Wildman–Crippen MR) is 81.8 cm³/mol. The van der Waals surface area contributed by atoms with Gasteiger partial charge < -0.3 is 16.3 Å². The number of unbranched alkanes of at least 4 members (excludes halogenated alkanes) is 1. The predicted octanol–water partition coefficient (Wildman–Crippen LogP) is 3.34. The van der Waals surface area contributed by atoms with Gasteiger partial charge in [0.25, 0.3) is 0 Å². The number of amidine groups is 1. The quantitative estimate of drug-likeness (QED) is 0.225. The van der Waals surface area contributed by atoms with Crippen LogP contribution in [-0.2, 0) is 0 Å². The van der Waals surface area contributed by atoms with Crippen molar-refractivity contribution in [2.45, 2.75) is 46.1 Å². The van der Waals surface area contributed by atoms with Crippen LogP contribution < -0.4 is 11.1 Å². The van der Waals surface area contributed by atoms with Crippen LogP contribution in [0.4, 0.5) is 0 Å². The molecule has 0 bridgehead atoms. The van der Waals surface area contributed by atoms with Crippen LogP contribution in [0.15, 0.2) is 22.7 Å². The fraction of sp³-hybridized carbons (Fsp3) is 0.643. The fourth-order valence-electron chi connectivity index (χ4n) is 1.91. The molecule has 1 unspecified atom stereocenters. The van der Waals surface area contributed by atoms with Crippen molar-refractivity contribution in [1.82, 2.24) is 5.32 Å². The van der Waals surface area contributed by atoms with Crippen molar-refractivity contribution in [1.29, 1.82) is 0 Å². The van der Waals surface area contributed by atoms with E-state index in [0.717, 1.165) is 25.8 Å². The highest BCUT2D eigenvalue weighted by Gasteiger charge is 2.22. The first kappa shape index (κ1) is 16.0. The summed E-state index contributed by atoms with van der Waals surface area (Å²) in [5, 5.41) is 17.4. The minimum absolute atomic E-state index is 0.228. The molecule has 1 rings (SSSR count). The highest BCUT2D eigenvalue weighted by Crippen LogP contribution is 2.23. The molecule has 108 valence electrons. The molecule has 1 atom stereocenters. The summed E-state index contributed by atoms with van der Waals surface area (Å²) in [6.07, 6.45) is 3.09. The van der Waals surface area contributed by atoms with Crippen molar-refractivity contribution in [3.8, 4) is 0 Å². The zero-order valence-electron chi connectivity index (χ0n) is 12.0. The van der Waals surface area contributed by atoms with Crippen molar-refractivity contribution in [3.63, 3.8) is 0 Å². The maximum Gasteiger partial charge on any atom is 0.144 e. The third-order valence-corrected chi connectivity index (χ3v) is 4.51. The average Bonchev–Trinajstić information content (AvgIpc) is 2.90. The Bertz CT molecular complexity index is 387. The minimum atomic E-state index is -0.228. The lowest BCUT2D eigenvalue weighted by Gasteiger charge is -2.22. The molecule has 5 heteroatoms. The Hall–Kier alpha value is -1.07. The van der Waals surface area contributed by atoms with Gasteiger partial charge in [-0.25, -0.2) is 0 Å². The molecule has 0 spiro atoms. The van der Waals surface area contributed by atoms with Crippen molar-refractivity contribution < 1.29 is 5.21 Å². The lowest BCUT2D eigenvalue weighted by Crippen LogP contribution is -2.32. The molecule has 0 radical (unpaired) electrons. The summed E-state index contributed by atoms with van der Waals surface area (Å²) in [6, 6.07) is 4.65. The molecular weight excluding hydrogens is 258 g/mol. The van der Waals surface area contributed by atoms with E-state index < -0.39 is 0 Å². The van der Waals surface area contributed by atoms with Gasteiger partial charge in [0.15, 0.2) is 0 Å². The van der Waals surface area contributed by atoms with Crippen LogP contribution >= 0.6 is 11.3 Å².